The zero-order chi connectivity index (χ0) is 20.1. The number of benzene rings is 3. The molecule has 0 unspecified atom stereocenters. The number of ether oxygens (including phenoxy) is 2. The summed E-state index contributed by atoms with van der Waals surface area (Å²) in [5.74, 6) is -0.320. The van der Waals surface area contributed by atoms with Crippen LogP contribution in [0.2, 0.25) is 0 Å². The molecule has 3 aromatic rings. The monoisotopic (exact) mass is 374 g/mol. The van der Waals surface area contributed by atoms with Crippen LogP contribution in [-0.4, -0.2) is 18.5 Å². The lowest BCUT2D eigenvalue weighted by atomic mass is 9.98. The Hall–Kier alpha value is -3.40. The van der Waals surface area contributed by atoms with Crippen molar-refractivity contribution in [1.82, 2.24) is 0 Å². The molecular weight excluding hydrogens is 352 g/mol. The van der Waals surface area contributed by atoms with Gasteiger partial charge in [-0.3, -0.25) is 0 Å². The molecule has 0 heterocycles. The van der Waals surface area contributed by atoms with Crippen LogP contribution in [0.3, 0.4) is 0 Å². The molecule has 0 radical (unpaired) electrons. The summed E-state index contributed by atoms with van der Waals surface area (Å²) in [6.45, 7) is 9.00. The standard InChI is InChI=1S/C24H22O4/c1-4-23(25)28-20-10-12-22-19(15-20)9-8-18-14-17(7-11-21(18)22)6-5-13-27-24(26)16(2)3/h4,7-12,14-15H,1-2,5-6,13H2,3H3. The summed E-state index contributed by atoms with van der Waals surface area (Å²) in [5.41, 5.74) is 1.61. The lowest BCUT2D eigenvalue weighted by molar-refractivity contribution is -0.139. The third-order valence-corrected chi connectivity index (χ3v) is 4.45. The summed E-state index contributed by atoms with van der Waals surface area (Å²) in [6.07, 6.45) is 2.73. The predicted molar refractivity (Wildman–Crippen MR) is 111 cm³/mol. The largest absolute Gasteiger partial charge is 0.462 e. The summed E-state index contributed by atoms with van der Waals surface area (Å²) in [7, 11) is 0. The van der Waals surface area contributed by atoms with Gasteiger partial charge >= 0.3 is 11.9 Å². The zero-order valence-corrected chi connectivity index (χ0v) is 15.9. The first-order valence-electron chi connectivity index (χ1n) is 9.10. The van der Waals surface area contributed by atoms with Crippen LogP contribution in [0.25, 0.3) is 21.5 Å². The minimum atomic E-state index is -0.473. The van der Waals surface area contributed by atoms with Crippen LogP contribution in [0.5, 0.6) is 5.75 Å². The quantitative estimate of drug-likeness (QED) is 0.189. The number of fused-ring (bicyclic) bond motifs is 3. The van der Waals surface area contributed by atoms with E-state index in [1.807, 2.05) is 18.2 Å². The molecule has 0 N–H and O–H groups in total. The van der Waals surface area contributed by atoms with Crippen LogP contribution in [0.15, 0.2) is 73.3 Å². The molecule has 0 aliphatic heterocycles. The van der Waals surface area contributed by atoms with E-state index in [9.17, 15) is 9.59 Å². The molecule has 0 atom stereocenters. The average Bonchev–Trinajstić information content (AvgIpc) is 2.70. The van der Waals surface area contributed by atoms with Crippen molar-refractivity contribution in [3.8, 4) is 5.75 Å². The van der Waals surface area contributed by atoms with Crippen molar-refractivity contribution in [2.24, 2.45) is 0 Å². The van der Waals surface area contributed by atoms with E-state index in [2.05, 4.69) is 37.4 Å². The Morgan fingerprint density at radius 2 is 1.68 bits per heavy atom. The topological polar surface area (TPSA) is 52.6 Å². The smallest absolute Gasteiger partial charge is 0.335 e. The van der Waals surface area contributed by atoms with E-state index in [1.165, 1.54) is 5.56 Å². The van der Waals surface area contributed by atoms with Gasteiger partial charge in [0.05, 0.1) is 6.61 Å². The van der Waals surface area contributed by atoms with Crippen LogP contribution in [-0.2, 0) is 20.7 Å². The molecule has 0 saturated heterocycles. The molecule has 0 spiro atoms. The minimum Gasteiger partial charge on any atom is -0.462 e. The highest BCUT2D eigenvalue weighted by molar-refractivity contribution is 6.08. The maximum Gasteiger partial charge on any atom is 0.335 e. The van der Waals surface area contributed by atoms with Crippen LogP contribution < -0.4 is 4.74 Å². The maximum absolute atomic E-state index is 11.4. The Morgan fingerprint density at radius 3 is 2.36 bits per heavy atom. The van der Waals surface area contributed by atoms with E-state index in [0.717, 1.165) is 40.5 Å². The van der Waals surface area contributed by atoms with Gasteiger partial charge in [0.25, 0.3) is 0 Å². The van der Waals surface area contributed by atoms with Gasteiger partial charge in [0.2, 0.25) is 0 Å². The van der Waals surface area contributed by atoms with Gasteiger partial charge < -0.3 is 9.47 Å². The molecule has 28 heavy (non-hydrogen) atoms. The molecule has 3 rings (SSSR count). The van der Waals surface area contributed by atoms with Crippen LogP contribution in [0, 0.1) is 0 Å². The molecule has 0 aliphatic carbocycles. The number of esters is 2. The Morgan fingerprint density at radius 1 is 1.00 bits per heavy atom. The third-order valence-electron chi connectivity index (χ3n) is 4.45. The van der Waals surface area contributed by atoms with Gasteiger partial charge in [-0.25, -0.2) is 9.59 Å². The number of carbonyl (C=O) groups excluding carboxylic acids is 2. The zero-order valence-electron chi connectivity index (χ0n) is 15.9. The van der Waals surface area contributed by atoms with Crippen molar-refractivity contribution >= 4 is 33.5 Å². The second-order valence-electron chi connectivity index (χ2n) is 6.65. The van der Waals surface area contributed by atoms with Gasteiger partial charge in [-0.05, 0) is 59.0 Å². The van der Waals surface area contributed by atoms with Gasteiger partial charge in [-0.2, -0.15) is 0 Å². The Kier molecular flexibility index (Phi) is 5.90. The fourth-order valence-corrected chi connectivity index (χ4v) is 3.04. The molecule has 0 fully saturated rings. The van der Waals surface area contributed by atoms with Crippen LogP contribution in [0.1, 0.15) is 18.9 Å². The summed E-state index contributed by atoms with van der Waals surface area (Å²) in [4.78, 5) is 22.8. The van der Waals surface area contributed by atoms with E-state index >= 15 is 0 Å². The van der Waals surface area contributed by atoms with Crippen molar-refractivity contribution in [1.29, 1.82) is 0 Å². The van der Waals surface area contributed by atoms with Crippen molar-refractivity contribution in [3.05, 3.63) is 78.9 Å². The molecule has 4 nitrogen and oxygen atoms in total. The molecule has 0 amide bonds. The lowest BCUT2D eigenvalue weighted by Crippen LogP contribution is -2.06. The number of hydrogen-bond acceptors (Lipinski definition) is 4. The van der Waals surface area contributed by atoms with E-state index in [0.29, 0.717) is 17.9 Å². The van der Waals surface area contributed by atoms with Gasteiger partial charge in [0.1, 0.15) is 5.75 Å². The van der Waals surface area contributed by atoms with Crippen molar-refractivity contribution < 1.29 is 19.1 Å². The van der Waals surface area contributed by atoms with Gasteiger partial charge in [-0.15, -0.1) is 0 Å². The van der Waals surface area contributed by atoms with Crippen LogP contribution in [0.4, 0.5) is 0 Å². The number of aryl methyl sites for hydroxylation is 1. The Bertz CT molecular complexity index is 1080. The fourth-order valence-electron chi connectivity index (χ4n) is 3.04. The van der Waals surface area contributed by atoms with E-state index < -0.39 is 5.97 Å². The van der Waals surface area contributed by atoms with Gasteiger partial charge in [-0.1, -0.05) is 49.6 Å². The normalized spacial score (nSPS) is 10.6. The summed E-state index contributed by atoms with van der Waals surface area (Å²) < 4.78 is 10.3. The molecule has 0 aromatic heterocycles. The molecule has 142 valence electrons. The molecule has 0 saturated carbocycles. The first kappa shape index (κ1) is 19.4. The Balaban J connectivity index is 1.75. The first-order valence-corrected chi connectivity index (χ1v) is 9.10. The third kappa shape index (κ3) is 4.46. The molecule has 4 heteroatoms. The van der Waals surface area contributed by atoms with Crippen molar-refractivity contribution in [2.45, 2.75) is 19.8 Å². The second kappa shape index (κ2) is 8.53. The highest BCUT2D eigenvalue weighted by Crippen LogP contribution is 2.29. The van der Waals surface area contributed by atoms with E-state index in [1.54, 1.807) is 13.0 Å². The van der Waals surface area contributed by atoms with E-state index in [-0.39, 0.29) is 5.97 Å². The second-order valence-corrected chi connectivity index (χ2v) is 6.65. The Labute approximate surface area is 164 Å². The fraction of sp³-hybridized carbons (Fsp3) is 0.167. The number of rotatable bonds is 7. The van der Waals surface area contributed by atoms with Crippen molar-refractivity contribution in [2.75, 3.05) is 6.61 Å². The predicted octanol–water partition coefficient (Wildman–Crippen LogP) is 5.14. The maximum atomic E-state index is 11.4. The minimum absolute atomic E-state index is 0.344. The van der Waals surface area contributed by atoms with Crippen LogP contribution >= 0.6 is 0 Å². The summed E-state index contributed by atoms with van der Waals surface area (Å²) in [6, 6.07) is 16.0. The highest BCUT2D eigenvalue weighted by Gasteiger charge is 2.06. The highest BCUT2D eigenvalue weighted by atomic mass is 16.5. The molecule has 3 aromatic carbocycles. The molecule has 0 bridgehead atoms. The van der Waals surface area contributed by atoms with Gasteiger partial charge in [0, 0.05) is 11.6 Å². The van der Waals surface area contributed by atoms with Crippen molar-refractivity contribution in [3.63, 3.8) is 0 Å². The number of carbonyl (C=O) groups is 2. The van der Waals surface area contributed by atoms with E-state index in [4.69, 9.17) is 9.47 Å². The summed E-state index contributed by atoms with van der Waals surface area (Å²) in [5, 5.41) is 4.37. The summed E-state index contributed by atoms with van der Waals surface area (Å²) >= 11 is 0. The lowest BCUT2D eigenvalue weighted by Gasteiger charge is -2.09. The SMILES string of the molecule is C=CC(=O)Oc1ccc2c(ccc3cc(CCCOC(=O)C(=C)C)ccc32)c1. The molecular formula is C24H22O4. The average molecular weight is 374 g/mol. The number of hydrogen-bond donors (Lipinski definition) is 0. The van der Waals surface area contributed by atoms with Gasteiger partial charge in [0.15, 0.2) is 0 Å². The first-order chi connectivity index (χ1) is 13.5. The molecule has 0 aliphatic rings.